The van der Waals surface area contributed by atoms with E-state index in [1.54, 1.807) is 0 Å². The van der Waals surface area contributed by atoms with Gasteiger partial charge in [-0.25, -0.2) is 9.59 Å². The van der Waals surface area contributed by atoms with E-state index in [2.05, 4.69) is 103 Å². The van der Waals surface area contributed by atoms with E-state index in [0.717, 1.165) is 25.7 Å². The molecule has 0 atom stereocenters. The molecule has 0 fully saturated rings. The van der Waals surface area contributed by atoms with Crippen molar-refractivity contribution in [3.8, 4) is 0 Å². The molecule has 5 heteroatoms. The van der Waals surface area contributed by atoms with E-state index in [1.807, 2.05) is 0 Å². The number of benzene rings is 3. The van der Waals surface area contributed by atoms with Gasteiger partial charge in [-0.3, -0.25) is 0 Å². The van der Waals surface area contributed by atoms with Crippen LogP contribution in [0.1, 0.15) is 104 Å². The van der Waals surface area contributed by atoms with Gasteiger partial charge in [0.05, 0.1) is 30.3 Å². The number of rotatable bonds is 10. The summed E-state index contributed by atoms with van der Waals surface area (Å²) in [6.07, 6.45) is 5.56. The standard InChI is InChI=1S/C40H45NO4/c1-10-33(42)44-16-12-14-25-20-29-36-31(22-25)40(8,9)32-23-26(15-13-17-45-34(43)11-2)21-30-37(32)41(36)35-27(38(29,4)5)18-24(3)19-28(35)39(30,6)7/h10-11,18-23H,1-2,12-17H2,3-9H3. The first kappa shape index (κ1) is 30.9. The quantitative estimate of drug-likeness (QED) is 0.132. The molecule has 45 heavy (non-hydrogen) atoms. The van der Waals surface area contributed by atoms with Crippen LogP contribution >= 0.6 is 0 Å². The van der Waals surface area contributed by atoms with Gasteiger partial charge in [0.15, 0.2) is 0 Å². The first-order valence-electron chi connectivity index (χ1n) is 16.1. The van der Waals surface area contributed by atoms with Gasteiger partial charge in [0, 0.05) is 28.4 Å². The molecular formula is C40H45NO4. The summed E-state index contributed by atoms with van der Waals surface area (Å²) >= 11 is 0. The minimum Gasteiger partial charge on any atom is -0.463 e. The minimum absolute atomic E-state index is 0.202. The molecule has 0 bridgehead atoms. The molecule has 3 aromatic rings. The molecule has 0 saturated carbocycles. The van der Waals surface area contributed by atoms with Crippen molar-refractivity contribution >= 4 is 29.0 Å². The Labute approximate surface area is 267 Å². The van der Waals surface area contributed by atoms with Gasteiger partial charge in [-0.15, -0.1) is 0 Å². The highest BCUT2D eigenvalue weighted by Crippen LogP contribution is 2.66. The highest BCUT2D eigenvalue weighted by molar-refractivity contribution is 5.98. The fourth-order valence-electron chi connectivity index (χ4n) is 7.82. The number of carbonyl (C=O) groups excluding carboxylic acids is 2. The molecule has 0 spiro atoms. The number of aryl methyl sites for hydroxylation is 3. The molecule has 234 valence electrons. The topological polar surface area (TPSA) is 55.8 Å². The zero-order valence-electron chi connectivity index (χ0n) is 27.9. The van der Waals surface area contributed by atoms with Gasteiger partial charge in [0.1, 0.15) is 0 Å². The van der Waals surface area contributed by atoms with Crippen molar-refractivity contribution in [2.45, 2.75) is 90.4 Å². The third-order valence-electron chi connectivity index (χ3n) is 10.3. The average Bonchev–Trinajstić information content (AvgIpc) is 3.00. The number of anilines is 3. The van der Waals surface area contributed by atoms with Gasteiger partial charge in [-0.05, 0) is 77.1 Å². The SMILES string of the molecule is C=CC(=O)OCCCc1cc2c3c(c1)C(C)(C)c1cc(CCCOC(=O)C=C)cc4c1N3c1c(cc(C)cc1C4(C)C)C2(C)C. The molecule has 3 aromatic carbocycles. The molecule has 0 amide bonds. The maximum absolute atomic E-state index is 11.7. The zero-order chi connectivity index (χ0) is 32.5. The second kappa shape index (κ2) is 10.8. The lowest BCUT2D eigenvalue weighted by Crippen LogP contribution is -2.44. The van der Waals surface area contributed by atoms with E-state index in [4.69, 9.17) is 9.47 Å². The van der Waals surface area contributed by atoms with Gasteiger partial charge in [0.25, 0.3) is 0 Å². The number of ether oxygens (including phenoxy) is 2. The fraction of sp³-hybridized carbons (Fsp3) is 0.400. The monoisotopic (exact) mass is 603 g/mol. The van der Waals surface area contributed by atoms with Crippen LogP contribution in [0.5, 0.6) is 0 Å². The predicted octanol–water partition coefficient (Wildman–Crippen LogP) is 8.71. The lowest BCUT2D eigenvalue weighted by atomic mass is 9.60. The molecule has 0 N–H and O–H groups in total. The summed E-state index contributed by atoms with van der Waals surface area (Å²) < 4.78 is 10.6. The third kappa shape index (κ3) is 4.74. The summed E-state index contributed by atoms with van der Waals surface area (Å²) in [5.41, 5.74) is 15.2. The van der Waals surface area contributed by atoms with Gasteiger partial charge in [-0.1, -0.05) is 96.7 Å². The maximum atomic E-state index is 11.7. The number of esters is 2. The zero-order valence-corrected chi connectivity index (χ0v) is 27.9. The molecule has 3 heterocycles. The Hall–Kier alpha value is -4.12. The number of hydrogen-bond acceptors (Lipinski definition) is 5. The summed E-state index contributed by atoms with van der Waals surface area (Å²) in [6, 6.07) is 14.4. The smallest absolute Gasteiger partial charge is 0.330 e. The third-order valence-corrected chi connectivity index (χ3v) is 10.3. The molecule has 5 nitrogen and oxygen atoms in total. The van der Waals surface area contributed by atoms with Crippen LogP contribution in [0.15, 0.2) is 61.7 Å². The number of carbonyl (C=O) groups is 2. The second-order valence-corrected chi connectivity index (χ2v) is 14.4. The summed E-state index contributed by atoms with van der Waals surface area (Å²) in [4.78, 5) is 25.9. The molecule has 0 saturated heterocycles. The maximum Gasteiger partial charge on any atom is 0.330 e. The molecule has 0 aromatic heterocycles. The Balaban J connectivity index is 1.54. The van der Waals surface area contributed by atoms with Crippen LogP contribution in [0.25, 0.3) is 0 Å². The van der Waals surface area contributed by atoms with Crippen molar-refractivity contribution in [2.24, 2.45) is 0 Å². The van der Waals surface area contributed by atoms with Crippen molar-refractivity contribution in [3.05, 3.63) is 112 Å². The average molecular weight is 604 g/mol. The van der Waals surface area contributed by atoms with Crippen LogP contribution < -0.4 is 4.90 Å². The van der Waals surface area contributed by atoms with E-state index in [0.29, 0.717) is 13.2 Å². The molecule has 0 aliphatic carbocycles. The lowest BCUT2D eigenvalue weighted by molar-refractivity contribution is -0.138. The van der Waals surface area contributed by atoms with Gasteiger partial charge in [-0.2, -0.15) is 0 Å². The van der Waals surface area contributed by atoms with Crippen LogP contribution in [-0.4, -0.2) is 25.2 Å². The van der Waals surface area contributed by atoms with Crippen molar-refractivity contribution < 1.29 is 19.1 Å². The second-order valence-electron chi connectivity index (χ2n) is 14.4. The first-order valence-corrected chi connectivity index (χ1v) is 16.1. The highest BCUT2D eigenvalue weighted by Gasteiger charge is 2.52. The van der Waals surface area contributed by atoms with Crippen molar-refractivity contribution in [3.63, 3.8) is 0 Å². The fourth-order valence-corrected chi connectivity index (χ4v) is 7.82. The summed E-state index contributed by atoms with van der Waals surface area (Å²) in [5.74, 6) is -0.758. The van der Waals surface area contributed by atoms with Crippen LogP contribution in [0.4, 0.5) is 17.1 Å². The van der Waals surface area contributed by atoms with Crippen LogP contribution in [0.2, 0.25) is 0 Å². The lowest BCUT2D eigenvalue weighted by Gasteiger charge is -2.55. The summed E-state index contributed by atoms with van der Waals surface area (Å²) in [5, 5.41) is 0. The molecule has 3 aliphatic heterocycles. The Kier molecular flexibility index (Phi) is 7.38. The van der Waals surface area contributed by atoms with Crippen molar-refractivity contribution in [1.82, 2.24) is 0 Å². The largest absolute Gasteiger partial charge is 0.463 e. The van der Waals surface area contributed by atoms with Gasteiger partial charge in [0.2, 0.25) is 0 Å². The van der Waals surface area contributed by atoms with Crippen LogP contribution in [-0.2, 0) is 48.1 Å². The minimum atomic E-state index is -0.379. The van der Waals surface area contributed by atoms with Crippen molar-refractivity contribution in [2.75, 3.05) is 18.1 Å². The normalized spacial score (nSPS) is 16.8. The molecule has 3 aliphatic rings. The van der Waals surface area contributed by atoms with Crippen molar-refractivity contribution in [1.29, 1.82) is 0 Å². The van der Waals surface area contributed by atoms with Gasteiger partial charge < -0.3 is 14.4 Å². The van der Waals surface area contributed by atoms with E-state index >= 15 is 0 Å². The van der Waals surface area contributed by atoms with E-state index in [9.17, 15) is 9.59 Å². The Morgan fingerprint density at radius 1 is 0.622 bits per heavy atom. The number of hydrogen-bond donors (Lipinski definition) is 0. The molecule has 6 rings (SSSR count). The molecule has 0 radical (unpaired) electrons. The van der Waals surface area contributed by atoms with Gasteiger partial charge >= 0.3 is 11.9 Å². The van der Waals surface area contributed by atoms with E-state index < -0.39 is 0 Å². The summed E-state index contributed by atoms with van der Waals surface area (Å²) in [6.45, 7) is 24.2. The molecular weight excluding hydrogens is 558 g/mol. The predicted molar refractivity (Wildman–Crippen MR) is 181 cm³/mol. The van der Waals surface area contributed by atoms with Crippen LogP contribution in [0.3, 0.4) is 0 Å². The Morgan fingerprint density at radius 3 is 1.24 bits per heavy atom. The summed E-state index contributed by atoms with van der Waals surface area (Å²) in [7, 11) is 0. The number of nitrogens with zero attached hydrogens (tertiary/aromatic N) is 1. The first-order chi connectivity index (χ1) is 21.2. The van der Waals surface area contributed by atoms with E-state index in [1.165, 1.54) is 79.3 Å². The Morgan fingerprint density at radius 2 is 0.933 bits per heavy atom. The highest BCUT2D eigenvalue weighted by atomic mass is 16.5. The van der Waals surface area contributed by atoms with E-state index in [-0.39, 0.29) is 28.2 Å². The Bertz CT molecular complexity index is 1650. The molecule has 0 unspecified atom stereocenters. The van der Waals surface area contributed by atoms with Crippen LogP contribution in [0, 0.1) is 6.92 Å².